The van der Waals surface area contributed by atoms with Crippen molar-refractivity contribution in [3.05, 3.63) is 53.0 Å². The van der Waals surface area contributed by atoms with Crippen LogP contribution in [-0.4, -0.2) is 16.1 Å². The summed E-state index contributed by atoms with van der Waals surface area (Å²) in [7, 11) is 0. The van der Waals surface area contributed by atoms with Gasteiger partial charge in [0, 0.05) is 5.92 Å². The van der Waals surface area contributed by atoms with Gasteiger partial charge in [0.1, 0.15) is 16.6 Å². The van der Waals surface area contributed by atoms with E-state index in [1.54, 1.807) is 24.3 Å². The lowest BCUT2D eigenvalue weighted by molar-refractivity contribution is 0.0997. The highest BCUT2D eigenvalue weighted by molar-refractivity contribution is 7.15. The first kappa shape index (κ1) is 16.9. The monoisotopic (exact) mass is 371 g/mol. The van der Waals surface area contributed by atoms with Gasteiger partial charge in [-0.3, -0.25) is 10.1 Å². The number of carbonyl (C=O) groups is 1. The molecule has 0 aliphatic heterocycles. The van der Waals surface area contributed by atoms with E-state index in [1.807, 2.05) is 0 Å². The average Bonchev–Trinajstić information content (AvgIpc) is 3.33. The van der Waals surface area contributed by atoms with E-state index in [4.69, 9.17) is 4.42 Å². The van der Waals surface area contributed by atoms with Gasteiger partial charge < -0.3 is 4.42 Å². The molecule has 1 N–H and O–H groups in total. The topological polar surface area (TPSA) is 68.0 Å². The fourth-order valence-corrected chi connectivity index (χ4v) is 4.13. The van der Waals surface area contributed by atoms with Gasteiger partial charge in [0.25, 0.3) is 5.91 Å². The van der Waals surface area contributed by atoms with Crippen LogP contribution in [0.15, 0.2) is 40.8 Å². The molecule has 2 aromatic heterocycles. The van der Waals surface area contributed by atoms with Crippen LogP contribution >= 0.6 is 11.3 Å². The minimum Gasteiger partial charge on any atom is -0.451 e. The number of furan rings is 1. The van der Waals surface area contributed by atoms with Gasteiger partial charge in [-0.25, -0.2) is 4.39 Å². The maximum absolute atomic E-state index is 13.8. The number of nitrogens with one attached hydrogen (secondary N) is 1. The Bertz CT molecular complexity index is 915. The van der Waals surface area contributed by atoms with Gasteiger partial charge in [-0.15, -0.1) is 10.2 Å². The van der Waals surface area contributed by atoms with Gasteiger partial charge >= 0.3 is 0 Å². The summed E-state index contributed by atoms with van der Waals surface area (Å²) in [5, 5.41) is 12.4. The number of nitrogens with zero attached hydrogens (tertiary/aromatic N) is 2. The molecule has 0 spiro atoms. The molecule has 1 aliphatic carbocycles. The maximum Gasteiger partial charge on any atom is 0.293 e. The molecule has 5 nitrogen and oxygen atoms in total. The molecular weight excluding hydrogens is 353 g/mol. The third kappa shape index (κ3) is 3.53. The summed E-state index contributed by atoms with van der Waals surface area (Å²) in [6.07, 6.45) is 5.98. The average molecular weight is 371 g/mol. The Morgan fingerprint density at radius 3 is 2.73 bits per heavy atom. The Morgan fingerprint density at radius 1 is 1.12 bits per heavy atom. The summed E-state index contributed by atoms with van der Waals surface area (Å²) >= 11 is 1.41. The molecule has 0 bridgehead atoms. The quantitative estimate of drug-likeness (QED) is 0.681. The van der Waals surface area contributed by atoms with Crippen LogP contribution in [0, 0.1) is 5.82 Å². The van der Waals surface area contributed by atoms with Crippen molar-refractivity contribution in [1.82, 2.24) is 10.2 Å². The zero-order chi connectivity index (χ0) is 17.9. The lowest BCUT2D eigenvalue weighted by Gasteiger charge is -2.18. The minimum atomic E-state index is -0.418. The van der Waals surface area contributed by atoms with Crippen molar-refractivity contribution in [3.63, 3.8) is 0 Å². The number of carbonyl (C=O) groups excluding carboxylic acids is 1. The third-order valence-corrected chi connectivity index (χ3v) is 5.59. The standard InChI is InChI=1S/C19H18FN3O2S/c20-14-9-5-4-8-13(14)15-10-11-16(25-15)17(24)21-19-23-22-18(26-19)12-6-2-1-3-7-12/h4-5,8-12H,1-3,6-7H2,(H,21,23,24). The summed E-state index contributed by atoms with van der Waals surface area (Å²) in [4.78, 5) is 12.4. The molecule has 1 amide bonds. The van der Waals surface area contributed by atoms with Crippen LogP contribution in [0.5, 0.6) is 0 Å². The van der Waals surface area contributed by atoms with Crippen LogP contribution in [0.1, 0.15) is 53.6 Å². The van der Waals surface area contributed by atoms with Crippen molar-refractivity contribution in [2.75, 3.05) is 5.32 Å². The smallest absolute Gasteiger partial charge is 0.293 e. The second-order valence-electron chi connectivity index (χ2n) is 6.38. The molecule has 0 atom stereocenters. The molecule has 0 radical (unpaired) electrons. The maximum atomic E-state index is 13.8. The van der Waals surface area contributed by atoms with E-state index in [0.29, 0.717) is 22.4 Å². The Morgan fingerprint density at radius 2 is 1.92 bits per heavy atom. The normalized spacial score (nSPS) is 15.1. The Kier molecular flexibility index (Phi) is 4.79. The van der Waals surface area contributed by atoms with Crippen molar-refractivity contribution < 1.29 is 13.6 Å². The van der Waals surface area contributed by atoms with Crippen molar-refractivity contribution >= 4 is 22.4 Å². The molecule has 1 aliphatic rings. The summed E-state index contributed by atoms with van der Waals surface area (Å²) in [5.41, 5.74) is 0.321. The van der Waals surface area contributed by atoms with Crippen molar-refractivity contribution in [2.24, 2.45) is 0 Å². The molecule has 4 rings (SSSR count). The van der Waals surface area contributed by atoms with Crippen molar-refractivity contribution in [2.45, 2.75) is 38.0 Å². The van der Waals surface area contributed by atoms with Gasteiger partial charge in [0.15, 0.2) is 5.76 Å². The predicted octanol–water partition coefficient (Wildman–Crippen LogP) is 5.24. The molecule has 26 heavy (non-hydrogen) atoms. The summed E-state index contributed by atoms with van der Waals surface area (Å²) in [5.74, 6) is 0.0586. The lowest BCUT2D eigenvalue weighted by Crippen LogP contribution is -2.10. The van der Waals surface area contributed by atoms with E-state index in [0.717, 1.165) is 17.8 Å². The molecular formula is C19H18FN3O2S. The van der Waals surface area contributed by atoms with Crippen LogP contribution in [0.2, 0.25) is 0 Å². The SMILES string of the molecule is O=C(Nc1nnc(C2CCCCC2)s1)c1ccc(-c2ccccc2F)o1. The molecule has 134 valence electrons. The highest BCUT2D eigenvalue weighted by Crippen LogP contribution is 2.35. The van der Waals surface area contributed by atoms with E-state index in [2.05, 4.69) is 15.5 Å². The fourth-order valence-electron chi connectivity index (χ4n) is 3.22. The predicted molar refractivity (Wildman–Crippen MR) is 97.8 cm³/mol. The van der Waals surface area contributed by atoms with Crippen LogP contribution in [0.25, 0.3) is 11.3 Å². The molecule has 1 aromatic carbocycles. The van der Waals surface area contributed by atoms with Crippen LogP contribution in [0.3, 0.4) is 0 Å². The summed E-state index contributed by atoms with van der Waals surface area (Å²) in [6, 6.07) is 9.40. The van der Waals surface area contributed by atoms with Crippen LogP contribution < -0.4 is 5.32 Å². The molecule has 1 fully saturated rings. The number of hydrogen-bond acceptors (Lipinski definition) is 5. The van der Waals surface area contributed by atoms with E-state index in [1.165, 1.54) is 42.7 Å². The minimum absolute atomic E-state index is 0.109. The Balaban J connectivity index is 1.46. The van der Waals surface area contributed by atoms with E-state index >= 15 is 0 Å². The lowest BCUT2D eigenvalue weighted by atomic mass is 9.90. The highest BCUT2D eigenvalue weighted by Gasteiger charge is 2.21. The van der Waals surface area contributed by atoms with Crippen molar-refractivity contribution in [1.29, 1.82) is 0 Å². The van der Waals surface area contributed by atoms with Crippen LogP contribution in [-0.2, 0) is 0 Å². The fraction of sp³-hybridized carbons (Fsp3) is 0.316. The number of halogens is 1. The van der Waals surface area contributed by atoms with Gasteiger partial charge in [-0.2, -0.15) is 0 Å². The Hall–Kier alpha value is -2.54. The second-order valence-corrected chi connectivity index (χ2v) is 7.39. The third-order valence-electron chi connectivity index (χ3n) is 4.58. The van der Waals surface area contributed by atoms with Gasteiger partial charge in [0.05, 0.1) is 5.56 Å². The molecule has 0 saturated heterocycles. The Labute approximate surface area is 154 Å². The zero-order valence-corrected chi connectivity index (χ0v) is 14.9. The first-order valence-corrected chi connectivity index (χ1v) is 9.52. The summed E-state index contributed by atoms with van der Waals surface area (Å²) in [6.45, 7) is 0. The number of benzene rings is 1. The second kappa shape index (κ2) is 7.37. The number of aromatic nitrogens is 2. The van der Waals surface area contributed by atoms with Crippen molar-refractivity contribution in [3.8, 4) is 11.3 Å². The van der Waals surface area contributed by atoms with E-state index in [-0.39, 0.29) is 5.76 Å². The molecule has 1 saturated carbocycles. The molecule has 3 aromatic rings. The largest absolute Gasteiger partial charge is 0.451 e. The first-order valence-electron chi connectivity index (χ1n) is 8.70. The van der Waals surface area contributed by atoms with E-state index < -0.39 is 11.7 Å². The first-order chi connectivity index (χ1) is 12.7. The molecule has 7 heteroatoms. The number of rotatable bonds is 4. The molecule has 0 unspecified atom stereocenters. The van der Waals surface area contributed by atoms with Crippen LogP contribution in [0.4, 0.5) is 9.52 Å². The summed E-state index contributed by atoms with van der Waals surface area (Å²) < 4.78 is 19.3. The van der Waals surface area contributed by atoms with Gasteiger partial charge in [-0.1, -0.05) is 42.7 Å². The number of anilines is 1. The molecule has 2 heterocycles. The zero-order valence-electron chi connectivity index (χ0n) is 14.1. The number of amides is 1. The highest BCUT2D eigenvalue weighted by atomic mass is 32.1. The van der Waals surface area contributed by atoms with E-state index in [9.17, 15) is 9.18 Å². The number of hydrogen-bond donors (Lipinski definition) is 1. The van der Waals surface area contributed by atoms with Gasteiger partial charge in [0.2, 0.25) is 5.13 Å². The van der Waals surface area contributed by atoms with Gasteiger partial charge in [-0.05, 0) is 37.1 Å².